The van der Waals surface area contributed by atoms with Crippen molar-refractivity contribution < 1.29 is 19.1 Å². The lowest BCUT2D eigenvalue weighted by Gasteiger charge is -2.31. The highest BCUT2D eigenvalue weighted by molar-refractivity contribution is 8.26. The van der Waals surface area contributed by atoms with Crippen LogP contribution in [0.2, 0.25) is 5.02 Å². The normalized spacial score (nSPS) is 15.3. The fraction of sp³-hybridized carbons (Fsp3) is 0.200. The topological polar surface area (TPSA) is 66.9 Å². The van der Waals surface area contributed by atoms with Gasteiger partial charge >= 0.3 is 5.97 Å². The second-order valence-electron chi connectivity index (χ2n) is 9.17. The predicted molar refractivity (Wildman–Crippen MR) is 165 cm³/mol. The maximum atomic E-state index is 13.4. The molecule has 40 heavy (non-hydrogen) atoms. The second-order valence-corrected chi connectivity index (χ2v) is 12.4. The van der Waals surface area contributed by atoms with E-state index in [1.165, 1.54) is 18.9 Å². The summed E-state index contributed by atoms with van der Waals surface area (Å²) in [5, 5.41) is 0.590. The number of hydrogen-bond acceptors (Lipinski definition) is 7. The van der Waals surface area contributed by atoms with Gasteiger partial charge in [-0.25, -0.2) is 4.79 Å². The fourth-order valence-corrected chi connectivity index (χ4v) is 7.02. The number of benzene rings is 3. The fourth-order valence-electron chi connectivity index (χ4n) is 4.51. The molecule has 2 amide bonds. The molecule has 2 heterocycles. The summed E-state index contributed by atoms with van der Waals surface area (Å²) in [6.45, 7) is 0.499. The largest absolute Gasteiger partial charge is 0.465 e. The van der Waals surface area contributed by atoms with Crippen molar-refractivity contribution in [3.05, 3.63) is 87.8 Å². The van der Waals surface area contributed by atoms with E-state index in [1.54, 1.807) is 51.9 Å². The van der Waals surface area contributed by atoms with Crippen LogP contribution >= 0.6 is 47.3 Å². The molecular formula is C30H25ClN2O4S3. The van der Waals surface area contributed by atoms with Gasteiger partial charge in [-0.15, -0.1) is 0 Å². The van der Waals surface area contributed by atoms with Gasteiger partial charge in [0.25, 0.3) is 5.91 Å². The lowest BCUT2D eigenvalue weighted by Crippen LogP contribution is -2.29. The summed E-state index contributed by atoms with van der Waals surface area (Å²) in [7, 11) is 1.34. The monoisotopic (exact) mass is 608 g/mol. The van der Waals surface area contributed by atoms with Gasteiger partial charge in [0.1, 0.15) is 4.32 Å². The highest BCUT2D eigenvalue weighted by Gasteiger charge is 2.32. The van der Waals surface area contributed by atoms with Crippen LogP contribution in [0.1, 0.15) is 41.6 Å². The molecule has 204 valence electrons. The number of para-hydroxylation sites is 1. The van der Waals surface area contributed by atoms with E-state index >= 15 is 0 Å². The first-order valence-electron chi connectivity index (χ1n) is 12.7. The van der Waals surface area contributed by atoms with E-state index in [1.807, 2.05) is 42.5 Å². The van der Waals surface area contributed by atoms with Gasteiger partial charge in [-0.1, -0.05) is 78.0 Å². The Labute approximate surface area is 251 Å². The summed E-state index contributed by atoms with van der Waals surface area (Å²) in [6, 6.07) is 20.4. The molecule has 5 rings (SSSR count). The van der Waals surface area contributed by atoms with Gasteiger partial charge in [-0.05, 0) is 66.9 Å². The standard InChI is InChI=1S/C30H25ClN2O4S3/c1-37-29(36)20-12-10-19(11-13-20)17-26-28(35)32(30(38)40-26)16-6-2-3-9-27(34)33-22-7-4-5-8-24(22)39-25-15-14-21(31)18-23(25)33/h4-5,7-8,10-15,17-18H,2-3,6,9,16H2,1H3. The zero-order chi connectivity index (χ0) is 28.2. The van der Waals surface area contributed by atoms with Crippen LogP contribution in [0.5, 0.6) is 0 Å². The third kappa shape index (κ3) is 6.12. The van der Waals surface area contributed by atoms with Gasteiger partial charge in [0.2, 0.25) is 5.91 Å². The van der Waals surface area contributed by atoms with E-state index < -0.39 is 5.97 Å². The first-order valence-corrected chi connectivity index (χ1v) is 15.1. The van der Waals surface area contributed by atoms with E-state index in [4.69, 9.17) is 28.6 Å². The molecule has 0 aliphatic carbocycles. The molecule has 0 atom stereocenters. The zero-order valence-electron chi connectivity index (χ0n) is 21.6. The molecule has 2 aliphatic heterocycles. The van der Waals surface area contributed by atoms with Crippen LogP contribution in [0.25, 0.3) is 6.08 Å². The van der Waals surface area contributed by atoms with E-state index in [9.17, 15) is 14.4 Å². The van der Waals surface area contributed by atoms with Gasteiger partial charge < -0.3 is 4.74 Å². The molecular weight excluding hydrogens is 584 g/mol. The Kier molecular flexibility index (Phi) is 8.95. The summed E-state index contributed by atoms with van der Waals surface area (Å²) >= 11 is 14.6. The first-order chi connectivity index (χ1) is 19.4. The molecule has 0 radical (unpaired) electrons. The Morgan fingerprint density at radius 3 is 2.48 bits per heavy atom. The number of halogens is 1. The third-order valence-electron chi connectivity index (χ3n) is 6.51. The molecule has 0 aromatic heterocycles. The van der Waals surface area contributed by atoms with Crippen molar-refractivity contribution in [2.45, 2.75) is 35.5 Å². The lowest BCUT2D eigenvalue weighted by atomic mass is 10.1. The van der Waals surface area contributed by atoms with E-state index in [0.717, 1.165) is 39.6 Å². The number of anilines is 2. The average Bonchev–Trinajstić information content (AvgIpc) is 3.22. The number of esters is 1. The van der Waals surface area contributed by atoms with E-state index in [-0.39, 0.29) is 11.8 Å². The summed E-state index contributed by atoms with van der Waals surface area (Å²) in [5.74, 6) is -0.518. The SMILES string of the molecule is COC(=O)c1ccc(C=C2SC(=S)N(CCCCCC(=O)N3c4ccccc4Sc4ccc(Cl)cc43)C2=O)cc1. The molecule has 0 unspecified atom stereocenters. The second kappa shape index (κ2) is 12.6. The molecule has 6 nitrogen and oxygen atoms in total. The molecule has 3 aromatic carbocycles. The number of amides is 2. The number of ether oxygens (including phenoxy) is 1. The van der Waals surface area contributed by atoms with Gasteiger partial charge in [0.15, 0.2) is 0 Å². The highest BCUT2D eigenvalue weighted by atomic mass is 35.5. The number of fused-ring (bicyclic) bond motifs is 2. The molecule has 3 aromatic rings. The minimum absolute atomic E-state index is 0.0167. The Morgan fingerprint density at radius 1 is 0.950 bits per heavy atom. The van der Waals surface area contributed by atoms with Crippen LogP contribution in [0, 0.1) is 0 Å². The van der Waals surface area contributed by atoms with Crippen LogP contribution in [-0.4, -0.2) is 40.7 Å². The first kappa shape index (κ1) is 28.4. The Bertz CT molecular complexity index is 1520. The average molecular weight is 609 g/mol. The van der Waals surface area contributed by atoms with Crippen molar-refractivity contribution in [3.8, 4) is 0 Å². The third-order valence-corrected chi connectivity index (χ3v) is 9.26. The van der Waals surface area contributed by atoms with Crippen molar-refractivity contribution >= 4 is 86.9 Å². The maximum absolute atomic E-state index is 13.4. The van der Waals surface area contributed by atoms with Gasteiger partial charge in [-0.3, -0.25) is 19.4 Å². The minimum Gasteiger partial charge on any atom is -0.465 e. The van der Waals surface area contributed by atoms with Crippen molar-refractivity contribution in [1.29, 1.82) is 0 Å². The smallest absolute Gasteiger partial charge is 0.337 e. The summed E-state index contributed by atoms with van der Waals surface area (Å²) < 4.78 is 5.25. The van der Waals surface area contributed by atoms with Gasteiger partial charge in [0, 0.05) is 27.8 Å². The van der Waals surface area contributed by atoms with Crippen molar-refractivity contribution in [2.75, 3.05) is 18.6 Å². The Hall–Kier alpha value is -3.11. The molecule has 0 bridgehead atoms. The van der Waals surface area contributed by atoms with Crippen molar-refractivity contribution in [3.63, 3.8) is 0 Å². The quantitative estimate of drug-likeness (QED) is 0.112. The number of hydrogen-bond donors (Lipinski definition) is 0. The number of methoxy groups -OCH3 is 1. The molecule has 1 saturated heterocycles. The zero-order valence-corrected chi connectivity index (χ0v) is 24.8. The summed E-state index contributed by atoms with van der Waals surface area (Å²) in [4.78, 5) is 44.0. The number of nitrogens with zero attached hydrogens (tertiary/aromatic N) is 2. The lowest BCUT2D eigenvalue weighted by molar-refractivity contribution is -0.122. The van der Waals surface area contributed by atoms with E-state index in [0.29, 0.717) is 39.2 Å². The highest BCUT2D eigenvalue weighted by Crippen LogP contribution is 2.49. The molecule has 0 N–H and O–H groups in total. The predicted octanol–water partition coefficient (Wildman–Crippen LogP) is 7.72. The Morgan fingerprint density at radius 2 is 1.70 bits per heavy atom. The summed E-state index contributed by atoms with van der Waals surface area (Å²) in [5.41, 5.74) is 2.93. The Balaban J connectivity index is 1.15. The number of thiocarbonyl (C=S) groups is 1. The molecule has 2 aliphatic rings. The molecule has 10 heteroatoms. The van der Waals surface area contributed by atoms with Crippen LogP contribution in [-0.2, 0) is 14.3 Å². The van der Waals surface area contributed by atoms with Crippen LogP contribution in [0.4, 0.5) is 11.4 Å². The number of thioether (sulfide) groups is 1. The molecule has 0 saturated carbocycles. The van der Waals surface area contributed by atoms with Crippen molar-refractivity contribution in [1.82, 2.24) is 4.90 Å². The maximum Gasteiger partial charge on any atom is 0.337 e. The van der Waals surface area contributed by atoms with Crippen LogP contribution in [0.15, 0.2) is 81.4 Å². The van der Waals surface area contributed by atoms with E-state index in [2.05, 4.69) is 0 Å². The molecule has 0 spiro atoms. The summed E-state index contributed by atoms with van der Waals surface area (Å²) in [6.07, 6.45) is 4.36. The number of rotatable bonds is 8. The number of carbonyl (C=O) groups is 3. The van der Waals surface area contributed by atoms with Gasteiger partial charge in [-0.2, -0.15) is 0 Å². The number of unbranched alkanes of at least 4 members (excludes halogenated alkanes) is 2. The van der Waals surface area contributed by atoms with Crippen LogP contribution < -0.4 is 4.90 Å². The van der Waals surface area contributed by atoms with Crippen LogP contribution in [0.3, 0.4) is 0 Å². The minimum atomic E-state index is -0.409. The number of carbonyl (C=O) groups excluding carboxylic acids is 3. The molecule has 1 fully saturated rings. The van der Waals surface area contributed by atoms with Gasteiger partial charge in [0.05, 0.1) is 29.0 Å². The van der Waals surface area contributed by atoms with Crippen molar-refractivity contribution in [2.24, 2.45) is 0 Å².